The minimum atomic E-state index is -4.70. The molecule has 3 aromatic rings. The highest BCUT2D eigenvalue weighted by Crippen LogP contribution is 2.36. The third-order valence-corrected chi connectivity index (χ3v) is 5.10. The maximum Gasteiger partial charge on any atom is 0.417 e. The molecule has 4 rings (SSSR count). The molecule has 1 aliphatic rings. The van der Waals surface area contributed by atoms with Gasteiger partial charge >= 0.3 is 12.2 Å². The molecule has 0 spiro atoms. The first-order chi connectivity index (χ1) is 16.6. The van der Waals surface area contributed by atoms with Gasteiger partial charge in [0, 0.05) is 29.4 Å². The van der Waals surface area contributed by atoms with E-state index in [1.807, 2.05) is 0 Å². The van der Waals surface area contributed by atoms with Crippen molar-refractivity contribution in [2.75, 3.05) is 16.0 Å². The van der Waals surface area contributed by atoms with Crippen LogP contribution in [0.15, 0.2) is 48.8 Å². The first-order valence-corrected chi connectivity index (χ1v) is 10.5. The molecule has 8 nitrogen and oxygen atoms in total. The van der Waals surface area contributed by atoms with Crippen LogP contribution in [0.3, 0.4) is 0 Å². The second kappa shape index (κ2) is 9.74. The number of alkyl halides is 3. The fraction of sp³-hybridized carbons (Fsp3) is 0.182. The predicted octanol–water partition coefficient (Wildman–Crippen LogP) is 6.07. The highest BCUT2D eigenvalue weighted by molar-refractivity contribution is 6.31. The van der Waals surface area contributed by atoms with Gasteiger partial charge in [-0.3, -0.25) is 4.79 Å². The Balaban J connectivity index is 1.39. The van der Waals surface area contributed by atoms with Crippen molar-refractivity contribution in [1.82, 2.24) is 9.97 Å². The molecular weight excluding hydrogens is 494 g/mol. The number of ether oxygens (including phenoxy) is 1. The SMILES string of the molecule is O=C(Nc1ccc(Oc2cc(NC(=O)C3CC3)ncn2)c(F)c1)Nc1ccc(Cl)c(C(F)(F)F)c1. The number of hydrogen-bond donors (Lipinski definition) is 3. The molecule has 0 atom stereocenters. The van der Waals surface area contributed by atoms with Crippen molar-refractivity contribution in [3.8, 4) is 11.6 Å². The lowest BCUT2D eigenvalue weighted by molar-refractivity contribution is -0.137. The number of rotatable bonds is 6. The summed E-state index contributed by atoms with van der Waals surface area (Å²) < 4.78 is 58.8. The van der Waals surface area contributed by atoms with Crippen molar-refractivity contribution in [2.24, 2.45) is 5.92 Å². The maximum atomic E-state index is 14.5. The second-order valence-corrected chi connectivity index (χ2v) is 7.93. The Kier molecular flexibility index (Phi) is 6.74. The first kappa shape index (κ1) is 24.2. The largest absolute Gasteiger partial charge is 0.436 e. The average Bonchev–Trinajstić information content (AvgIpc) is 3.62. The molecule has 182 valence electrons. The number of benzene rings is 2. The van der Waals surface area contributed by atoms with Crippen LogP contribution in [-0.2, 0) is 11.0 Å². The summed E-state index contributed by atoms with van der Waals surface area (Å²) in [6.45, 7) is 0. The summed E-state index contributed by atoms with van der Waals surface area (Å²) in [6, 6.07) is 6.80. The number of aromatic nitrogens is 2. The van der Waals surface area contributed by atoms with Crippen molar-refractivity contribution in [3.63, 3.8) is 0 Å². The van der Waals surface area contributed by atoms with E-state index in [2.05, 4.69) is 25.9 Å². The Hall–Kier alpha value is -3.93. The van der Waals surface area contributed by atoms with Crippen molar-refractivity contribution in [2.45, 2.75) is 19.0 Å². The molecule has 0 saturated heterocycles. The number of nitrogens with zero attached hydrogens (tertiary/aromatic N) is 2. The summed E-state index contributed by atoms with van der Waals surface area (Å²) in [5, 5.41) is 6.64. The van der Waals surface area contributed by atoms with Crippen molar-refractivity contribution < 1.29 is 31.9 Å². The molecule has 1 fully saturated rings. The van der Waals surface area contributed by atoms with Crippen LogP contribution in [0.25, 0.3) is 0 Å². The highest BCUT2D eigenvalue weighted by atomic mass is 35.5. The first-order valence-electron chi connectivity index (χ1n) is 10.1. The second-order valence-electron chi connectivity index (χ2n) is 7.52. The van der Waals surface area contributed by atoms with E-state index in [9.17, 15) is 27.2 Å². The van der Waals surface area contributed by atoms with Gasteiger partial charge in [-0.25, -0.2) is 19.2 Å². The zero-order chi connectivity index (χ0) is 25.2. The van der Waals surface area contributed by atoms with Gasteiger partial charge in [0.2, 0.25) is 11.8 Å². The lowest BCUT2D eigenvalue weighted by atomic mass is 10.2. The zero-order valence-electron chi connectivity index (χ0n) is 17.6. The van der Waals surface area contributed by atoms with Crippen LogP contribution in [0.5, 0.6) is 11.6 Å². The molecular formula is C22H16ClF4N5O3. The van der Waals surface area contributed by atoms with Gasteiger partial charge in [0.1, 0.15) is 12.1 Å². The van der Waals surface area contributed by atoms with Crippen LogP contribution < -0.4 is 20.7 Å². The summed E-state index contributed by atoms with van der Waals surface area (Å²) >= 11 is 5.55. The van der Waals surface area contributed by atoms with Gasteiger partial charge in [0.25, 0.3) is 0 Å². The quantitative estimate of drug-likeness (QED) is 0.350. The molecule has 1 aliphatic carbocycles. The van der Waals surface area contributed by atoms with Crippen LogP contribution in [0, 0.1) is 11.7 Å². The predicted molar refractivity (Wildman–Crippen MR) is 119 cm³/mol. The van der Waals surface area contributed by atoms with Gasteiger partial charge in [-0.1, -0.05) is 11.6 Å². The Morgan fingerprint density at radius 3 is 2.31 bits per heavy atom. The zero-order valence-corrected chi connectivity index (χ0v) is 18.4. The number of carbonyl (C=O) groups excluding carboxylic acids is 2. The monoisotopic (exact) mass is 509 g/mol. The van der Waals surface area contributed by atoms with Gasteiger partial charge < -0.3 is 20.7 Å². The van der Waals surface area contributed by atoms with E-state index in [0.29, 0.717) is 6.07 Å². The topological polar surface area (TPSA) is 105 Å². The molecule has 0 radical (unpaired) electrons. The van der Waals surface area contributed by atoms with Gasteiger partial charge in [0.15, 0.2) is 11.6 Å². The van der Waals surface area contributed by atoms with Gasteiger partial charge in [0.05, 0.1) is 10.6 Å². The number of amides is 3. The standard InChI is InChI=1S/C22H16ClF4N5O3/c23-15-5-3-12(7-14(15)22(25,26)27)30-21(34)31-13-4-6-17(16(24)8-13)35-19-9-18(28-10-29-19)32-20(33)11-1-2-11/h3-11H,1-2H2,(H2,30,31,34)(H,28,29,32,33). The number of nitrogens with one attached hydrogen (secondary N) is 3. The number of anilines is 3. The molecule has 0 unspecified atom stereocenters. The molecule has 3 N–H and O–H groups in total. The van der Waals surface area contributed by atoms with E-state index in [4.69, 9.17) is 16.3 Å². The van der Waals surface area contributed by atoms with Crippen molar-refractivity contribution in [1.29, 1.82) is 0 Å². The minimum absolute atomic E-state index is 0.0115. The van der Waals surface area contributed by atoms with E-state index >= 15 is 0 Å². The summed E-state index contributed by atoms with van der Waals surface area (Å²) in [6.07, 6.45) is -1.91. The molecule has 3 amide bonds. The third-order valence-electron chi connectivity index (χ3n) is 4.78. The van der Waals surface area contributed by atoms with Crippen LogP contribution in [0.4, 0.5) is 39.5 Å². The molecule has 0 aliphatic heterocycles. The summed E-state index contributed by atoms with van der Waals surface area (Å²) in [4.78, 5) is 31.8. The molecule has 1 heterocycles. The van der Waals surface area contributed by atoms with E-state index in [-0.39, 0.29) is 40.6 Å². The van der Waals surface area contributed by atoms with Crippen molar-refractivity contribution >= 4 is 40.7 Å². The molecule has 35 heavy (non-hydrogen) atoms. The van der Waals surface area contributed by atoms with Crippen molar-refractivity contribution in [3.05, 3.63) is 65.2 Å². The Bertz CT molecular complexity index is 1280. The number of carbonyl (C=O) groups is 2. The Morgan fingerprint density at radius 1 is 0.971 bits per heavy atom. The van der Waals surface area contributed by atoms with Crippen LogP contribution in [-0.4, -0.2) is 21.9 Å². The van der Waals surface area contributed by atoms with Crippen LogP contribution >= 0.6 is 11.6 Å². The lowest BCUT2D eigenvalue weighted by Crippen LogP contribution is -2.20. The Labute approximate surface area is 200 Å². The van der Waals surface area contributed by atoms with E-state index in [1.165, 1.54) is 24.3 Å². The van der Waals surface area contributed by atoms with E-state index in [1.54, 1.807) is 0 Å². The van der Waals surface area contributed by atoms with Crippen LogP contribution in [0.2, 0.25) is 5.02 Å². The van der Waals surface area contributed by atoms with E-state index < -0.39 is 28.6 Å². The molecule has 1 aromatic heterocycles. The van der Waals surface area contributed by atoms with E-state index in [0.717, 1.165) is 31.3 Å². The molecule has 0 bridgehead atoms. The fourth-order valence-corrected chi connectivity index (χ4v) is 3.15. The minimum Gasteiger partial charge on any atom is -0.436 e. The number of hydrogen-bond acceptors (Lipinski definition) is 5. The van der Waals surface area contributed by atoms with Gasteiger partial charge in [-0.15, -0.1) is 0 Å². The highest BCUT2D eigenvalue weighted by Gasteiger charge is 2.33. The summed E-state index contributed by atoms with van der Waals surface area (Å²) in [5.41, 5.74) is -1.25. The fourth-order valence-electron chi connectivity index (χ4n) is 2.93. The summed E-state index contributed by atoms with van der Waals surface area (Å²) in [7, 11) is 0. The maximum absolute atomic E-state index is 14.5. The van der Waals surface area contributed by atoms with Gasteiger partial charge in [-0.2, -0.15) is 13.2 Å². The third kappa shape index (κ3) is 6.35. The number of halogens is 5. The van der Waals surface area contributed by atoms with Crippen LogP contribution in [0.1, 0.15) is 18.4 Å². The average molecular weight is 510 g/mol. The van der Waals surface area contributed by atoms with Gasteiger partial charge in [-0.05, 0) is 43.2 Å². The number of urea groups is 1. The lowest BCUT2D eigenvalue weighted by Gasteiger charge is -2.13. The molecule has 2 aromatic carbocycles. The Morgan fingerprint density at radius 2 is 1.66 bits per heavy atom. The molecule has 13 heteroatoms. The normalized spacial score (nSPS) is 13.2. The molecule has 1 saturated carbocycles. The summed E-state index contributed by atoms with van der Waals surface area (Å²) in [5.74, 6) is -1.08. The smallest absolute Gasteiger partial charge is 0.417 e.